The maximum Gasteiger partial charge on any atom is 0.0900 e. The molecule has 1 saturated heterocycles. The molecule has 0 bridgehead atoms. The maximum absolute atomic E-state index is 9.76. The second-order valence-corrected chi connectivity index (χ2v) is 4.54. The zero-order chi connectivity index (χ0) is 11.8. The average Bonchev–Trinajstić information content (AvgIpc) is 2.72. The first kappa shape index (κ1) is 13.9. The van der Waals surface area contributed by atoms with Crippen molar-refractivity contribution in [1.82, 2.24) is 4.90 Å². The fourth-order valence-electron chi connectivity index (χ4n) is 2.12. The van der Waals surface area contributed by atoms with Gasteiger partial charge in [-0.3, -0.25) is 0 Å². The van der Waals surface area contributed by atoms with Crippen LogP contribution in [-0.2, 0) is 9.47 Å². The van der Waals surface area contributed by atoms with Crippen molar-refractivity contribution in [1.29, 1.82) is 0 Å². The van der Waals surface area contributed by atoms with E-state index >= 15 is 0 Å². The summed E-state index contributed by atoms with van der Waals surface area (Å²) < 4.78 is 10.2. The van der Waals surface area contributed by atoms with Crippen molar-refractivity contribution in [3.05, 3.63) is 0 Å². The lowest BCUT2D eigenvalue weighted by Gasteiger charge is -2.19. The van der Waals surface area contributed by atoms with Gasteiger partial charge in [0.2, 0.25) is 0 Å². The van der Waals surface area contributed by atoms with Crippen LogP contribution in [0.5, 0.6) is 0 Å². The molecule has 1 heterocycles. The van der Waals surface area contributed by atoms with Crippen LogP contribution in [-0.4, -0.2) is 62.7 Å². The second-order valence-electron chi connectivity index (χ2n) is 4.54. The Hall–Kier alpha value is -0.160. The zero-order valence-electron chi connectivity index (χ0n) is 10.5. The minimum absolute atomic E-state index is 0.368. The van der Waals surface area contributed by atoms with Crippen molar-refractivity contribution < 1.29 is 14.6 Å². The van der Waals surface area contributed by atoms with Gasteiger partial charge in [0.1, 0.15) is 0 Å². The number of hydrogen-bond donors (Lipinski definition) is 1. The van der Waals surface area contributed by atoms with Crippen LogP contribution in [0.3, 0.4) is 0 Å². The van der Waals surface area contributed by atoms with Gasteiger partial charge in [-0.1, -0.05) is 13.3 Å². The fraction of sp³-hybridized carbons (Fsp3) is 1.00. The van der Waals surface area contributed by atoms with Crippen LogP contribution in [0.15, 0.2) is 0 Å². The average molecular weight is 231 g/mol. The molecule has 1 aliphatic heterocycles. The normalized spacial score (nSPS) is 23.8. The quantitative estimate of drug-likeness (QED) is 0.626. The minimum atomic E-state index is -0.368. The molecule has 0 aromatic rings. The number of methoxy groups -OCH3 is 1. The van der Waals surface area contributed by atoms with Crippen molar-refractivity contribution in [3.8, 4) is 0 Å². The monoisotopic (exact) mass is 231 g/mol. The standard InChI is InChI=1S/C12H25NO3/c1-3-11-4-5-13(8-11)9-12(14)10-16-7-6-15-2/h11-12,14H,3-10H2,1-2H3. The Labute approximate surface area is 98.5 Å². The predicted molar refractivity (Wildman–Crippen MR) is 63.5 cm³/mol. The summed E-state index contributed by atoms with van der Waals surface area (Å²) in [7, 11) is 1.65. The van der Waals surface area contributed by atoms with E-state index < -0.39 is 0 Å². The molecule has 0 radical (unpaired) electrons. The molecule has 2 unspecified atom stereocenters. The predicted octanol–water partition coefficient (Wildman–Crippen LogP) is 0.742. The highest BCUT2D eigenvalue weighted by Gasteiger charge is 2.22. The topological polar surface area (TPSA) is 41.9 Å². The van der Waals surface area contributed by atoms with E-state index in [1.807, 2.05) is 0 Å². The first-order valence-corrected chi connectivity index (χ1v) is 6.23. The Kier molecular flexibility index (Phi) is 6.96. The third kappa shape index (κ3) is 5.25. The molecule has 0 aromatic heterocycles. The first-order chi connectivity index (χ1) is 7.76. The number of nitrogens with zero attached hydrogens (tertiary/aromatic N) is 1. The Morgan fingerprint density at radius 2 is 2.25 bits per heavy atom. The van der Waals surface area contributed by atoms with E-state index in [2.05, 4.69) is 11.8 Å². The highest BCUT2D eigenvalue weighted by atomic mass is 16.5. The number of β-amino-alcohol motifs (C(OH)–C–C–N with tert-alkyl or cyclic N) is 1. The summed E-state index contributed by atoms with van der Waals surface area (Å²) in [5.41, 5.74) is 0. The third-order valence-corrected chi connectivity index (χ3v) is 3.16. The fourth-order valence-corrected chi connectivity index (χ4v) is 2.12. The van der Waals surface area contributed by atoms with Crippen molar-refractivity contribution in [2.75, 3.05) is 46.6 Å². The molecule has 0 aromatic carbocycles. The molecule has 1 fully saturated rings. The number of likely N-dealkylation sites (tertiary alicyclic amines) is 1. The van der Waals surface area contributed by atoms with Crippen molar-refractivity contribution >= 4 is 0 Å². The Morgan fingerprint density at radius 3 is 2.88 bits per heavy atom. The van der Waals surface area contributed by atoms with E-state index in [-0.39, 0.29) is 6.10 Å². The van der Waals surface area contributed by atoms with Gasteiger partial charge in [0.15, 0.2) is 0 Å². The number of aliphatic hydroxyl groups is 1. The molecule has 1 rings (SSSR count). The number of hydrogen-bond acceptors (Lipinski definition) is 4. The minimum Gasteiger partial charge on any atom is -0.389 e. The van der Waals surface area contributed by atoms with E-state index in [1.54, 1.807) is 7.11 Å². The molecule has 16 heavy (non-hydrogen) atoms. The lowest BCUT2D eigenvalue weighted by molar-refractivity contribution is 0.00175. The van der Waals surface area contributed by atoms with Crippen LogP contribution in [0.25, 0.3) is 0 Å². The maximum atomic E-state index is 9.76. The molecule has 4 heteroatoms. The SMILES string of the molecule is CCC1CCN(CC(O)COCCOC)C1. The largest absolute Gasteiger partial charge is 0.389 e. The second kappa shape index (κ2) is 8.01. The summed E-state index contributed by atoms with van der Waals surface area (Å²) in [6.45, 7) is 6.79. The third-order valence-electron chi connectivity index (χ3n) is 3.16. The molecular weight excluding hydrogens is 206 g/mol. The molecule has 1 N–H and O–H groups in total. The molecule has 96 valence electrons. The molecular formula is C12H25NO3. The van der Waals surface area contributed by atoms with E-state index in [4.69, 9.17) is 9.47 Å². The van der Waals surface area contributed by atoms with E-state index in [0.29, 0.717) is 19.8 Å². The van der Waals surface area contributed by atoms with Gasteiger partial charge in [0, 0.05) is 20.2 Å². The van der Waals surface area contributed by atoms with E-state index in [0.717, 1.165) is 25.6 Å². The van der Waals surface area contributed by atoms with Gasteiger partial charge in [0.05, 0.1) is 25.9 Å². The van der Waals surface area contributed by atoms with Crippen LogP contribution < -0.4 is 0 Å². The first-order valence-electron chi connectivity index (χ1n) is 6.23. The zero-order valence-corrected chi connectivity index (χ0v) is 10.5. The highest BCUT2D eigenvalue weighted by molar-refractivity contribution is 4.76. The van der Waals surface area contributed by atoms with Crippen LogP contribution in [0.4, 0.5) is 0 Å². The van der Waals surface area contributed by atoms with Crippen molar-refractivity contribution in [2.24, 2.45) is 5.92 Å². The van der Waals surface area contributed by atoms with Gasteiger partial charge in [-0.2, -0.15) is 0 Å². The van der Waals surface area contributed by atoms with E-state index in [9.17, 15) is 5.11 Å². The Balaban J connectivity index is 2.03. The van der Waals surface area contributed by atoms with Gasteiger partial charge in [-0.25, -0.2) is 0 Å². The summed E-state index contributed by atoms with van der Waals surface area (Å²) in [6.07, 6.45) is 2.15. The number of rotatable bonds is 8. The van der Waals surface area contributed by atoms with Crippen molar-refractivity contribution in [3.63, 3.8) is 0 Å². The summed E-state index contributed by atoms with van der Waals surface area (Å²) in [5.74, 6) is 0.821. The number of aliphatic hydroxyl groups excluding tert-OH is 1. The summed E-state index contributed by atoms with van der Waals surface area (Å²) in [6, 6.07) is 0. The van der Waals surface area contributed by atoms with Crippen LogP contribution in [0.1, 0.15) is 19.8 Å². The van der Waals surface area contributed by atoms with Crippen LogP contribution in [0, 0.1) is 5.92 Å². The van der Waals surface area contributed by atoms with Gasteiger partial charge >= 0.3 is 0 Å². The molecule has 0 saturated carbocycles. The van der Waals surface area contributed by atoms with Crippen LogP contribution in [0.2, 0.25) is 0 Å². The highest BCUT2D eigenvalue weighted by Crippen LogP contribution is 2.18. The number of ether oxygens (including phenoxy) is 2. The summed E-state index contributed by atoms with van der Waals surface area (Å²) in [5, 5.41) is 9.76. The van der Waals surface area contributed by atoms with Gasteiger partial charge in [-0.15, -0.1) is 0 Å². The Morgan fingerprint density at radius 1 is 1.44 bits per heavy atom. The lowest BCUT2D eigenvalue weighted by Crippen LogP contribution is -2.33. The summed E-state index contributed by atoms with van der Waals surface area (Å²) >= 11 is 0. The van der Waals surface area contributed by atoms with Gasteiger partial charge in [-0.05, 0) is 18.9 Å². The molecule has 4 nitrogen and oxygen atoms in total. The summed E-state index contributed by atoms with van der Waals surface area (Å²) in [4.78, 5) is 2.33. The van der Waals surface area contributed by atoms with Crippen LogP contribution >= 0.6 is 0 Å². The smallest absolute Gasteiger partial charge is 0.0900 e. The van der Waals surface area contributed by atoms with E-state index in [1.165, 1.54) is 12.8 Å². The van der Waals surface area contributed by atoms with Gasteiger partial charge < -0.3 is 19.5 Å². The molecule has 2 atom stereocenters. The van der Waals surface area contributed by atoms with Gasteiger partial charge in [0.25, 0.3) is 0 Å². The molecule has 1 aliphatic rings. The Bertz CT molecular complexity index is 178. The molecule has 0 amide bonds. The van der Waals surface area contributed by atoms with Crippen molar-refractivity contribution in [2.45, 2.75) is 25.9 Å². The molecule has 0 spiro atoms. The lowest BCUT2D eigenvalue weighted by atomic mass is 10.1. The molecule has 0 aliphatic carbocycles.